The first-order valence-corrected chi connectivity index (χ1v) is 12.0. The van der Waals surface area contributed by atoms with Gasteiger partial charge in [0.05, 0.1) is 13.2 Å². The Hall–Kier alpha value is 0.110. The normalized spacial score (nSPS) is 21.2. The molecule has 5 heteroatoms. The molecule has 0 amide bonds. The maximum absolute atomic E-state index is 12.0. The maximum Gasteiger partial charge on any atom is 0.405 e. The molecule has 0 radical (unpaired) electrons. The minimum Gasteiger partial charge on any atom is -0.297 e. The molecule has 0 bridgehead atoms. The third-order valence-electron chi connectivity index (χ3n) is 4.65. The molecule has 1 unspecified atom stereocenters. The van der Waals surface area contributed by atoms with Crippen molar-refractivity contribution in [3.8, 4) is 0 Å². The van der Waals surface area contributed by atoms with E-state index in [9.17, 15) is 4.57 Å². The number of unbranched alkanes of at least 4 members (excludes halogenated alkanes) is 13. The second kappa shape index (κ2) is 15.4. The summed E-state index contributed by atoms with van der Waals surface area (Å²) < 4.78 is 22.6. The number of nitrogens with one attached hydrogen (secondary N) is 1. The van der Waals surface area contributed by atoms with Crippen molar-refractivity contribution in [2.75, 3.05) is 19.8 Å². The van der Waals surface area contributed by atoms with Crippen LogP contribution in [0.3, 0.4) is 0 Å². The molecule has 144 valence electrons. The minimum atomic E-state index is -2.95. The highest BCUT2D eigenvalue weighted by Gasteiger charge is 2.26. The molecular weight excluding hydrogens is 321 g/mol. The van der Waals surface area contributed by atoms with Crippen molar-refractivity contribution < 1.29 is 13.6 Å². The zero-order chi connectivity index (χ0) is 17.3. The van der Waals surface area contributed by atoms with Gasteiger partial charge in [-0.25, -0.2) is 9.65 Å². The van der Waals surface area contributed by atoms with Crippen LogP contribution in [0.4, 0.5) is 0 Å². The van der Waals surface area contributed by atoms with Crippen LogP contribution < -0.4 is 5.09 Å². The van der Waals surface area contributed by atoms with Crippen molar-refractivity contribution in [1.82, 2.24) is 5.09 Å². The van der Waals surface area contributed by atoms with E-state index in [0.29, 0.717) is 13.2 Å². The van der Waals surface area contributed by atoms with Crippen LogP contribution >= 0.6 is 7.75 Å². The van der Waals surface area contributed by atoms with Gasteiger partial charge in [-0.15, -0.1) is 0 Å². The second-order valence-corrected chi connectivity index (χ2v) is 8.85. The molecule has 1 aliphatic heterocycles. The molecule has 1 fully saturated rings. The van der Waals surface area contributed by atoms with Crippen LogP contribution in [0.5, 0.6) is 0 Å². The monoisotopic (exact) mass is 361 g/mol. The highest BCUT2D eigenvalue weighted by molar-refractivity contribution is 7.51. The average Bonchev–Trinajstić information content (AvgIpc) is 2.59. The second-order valence-electron chi connectivity index (χ2n) is 7.02. The molecule has 1 aliphatic rings. The molecular formula is C19H40NO3P. The Morgan fingerprint density at radius 1 is 0.833 bits per heavy atom. The molecule has 1 rings (SSSR count). The Bertz CT molecular complexity index is 316. The van der Waals surface area contributed by atoms with E-state index in [1.54, 1.807) is 0 Å². The topological polar surface area (TPSA) is 47.6 Å². The fraction of sp³-hybridized carbons (Fsp3) is 1.00. The molecule has 0 aromatic heterocycles. The van der Waals surface area contributed by atoms with Crippen molar-refractivity contribution in [1.29, 1.82) is 0 Å². The van der Waals surface area contributed by atoms with Gasteiger partial charge in [0.25, 0.3) is 0 Å². The Morgan fingerprint density at radius 2 is 1.33 bits per heavy atom. The Kier molecular flexibility index (Phi) is 14.2. The van der Waals surface area contributed by atoms with E-state index < -0.39 is 7.75 Å². The lowest BCUT2D eigenvalue weighted by Gasteiger charge is -2.23. The van der Waals surface area contributed by atoms with E-state index in [0.717, 1.165) is 25.8 Å². The van der Waals surface area contributed by atoms with Gasteiger partial charge in [-0.3, -0.25) is 9.05 Å². The SMILES string of the molecule is CCCCCCCCCCCCCCCCOP1(=O)NCCCO1. The van der Waals surface area contributed by atoms with Gasteiger partial charge in [0.2, 0.25) is 0 Å². The summed E-state index contributed by atoms with van der Waals surface area (Å²) in [7, 11) is -2.95. The van der Waals surface area contributed by atoms with Gasteiger partial charge in [0, 0.05) is 6.54 Å². The van der Waals surface area contributed by atoms with Gasteiger partial charge in [-0.1, -0.05) is 90.4 Å². The Labute approximate surface area is 150 Å². The summed E-state index contributed by atoms with van der Waals surface area (Å²) in [4.78, 5) is 0. The number of rotatable bonds is 16. The molecule has 1 heterocycles. The summed E-state index contributed by atoms with van der Waals surface area (Å²) in [6.45, 7) is 4.10. The third kappa shape index (κ3) is 12.5. The van der Waals surface area contributed by atoms with Gasteiger partial charge in [-0.05, 0) is 12.8 Å². The lowest BCUT2D eigenvalue weighted by molar-refractivity contribution is 0.175. The van der Waals surface area contributed by atoms with Crippen LogP contribution in [-0.2, 0) is 13.6 Å². The van der Waals surface area contributed by atoms with Gasteiger partial charge in [0.15, 0.2) is 0 Å². The zero-order valence-electron chi connectivity index (χ0n) is 15.9. The van der Waals surface area contributed by atoms with Crippen molar-refractivity contribution in [2.45, 2.75) is 103 Å². The quantitative estimate of drug-likeness (QED) is 0.248. The Balaban J connectivity index is 1.74. The number of hydrogen-bond acceptors (Lipinski definition) is 3. The van der Waals surface area contributed by atoms with E-state index in [2.05, 4.69) is 12.0 Å². The molecule has 24 heavy (non-hydrogen) atoms. The maximum atomic E-state index is 12.0. The van der Waals surface area contributed by atoms with E-state index in [1.807, 2.05) is 0 Å². The fourth-order valence-electron chi connectivity index (χ4n) is 3.08. The van der Waals surface area contributed by atoms with Gasteiger partial charge >= 0.3 is 7.75 Å². The minimum absolute atomic E-state index is 0.544. The molecule has 0 saturated carbocycles. The van der Waals surface area contributed by atoms with Gasteiger partial charge in [-0.2, -0.15) is 0 Å². The fourth-order valence-corrected chi connectivity index (χ4v) is 4.51. The van der Waals surface area contributed by atoms with E-state index in [1.165, 1.54) is 77.0 Å². The van der Waals surface area contributed by atoms with E-state index >= 15 is 0 Å². The van der Waals surface area contributed by atoms with E-state index in [4.69, 9.17) is 9.05 Å². The first kappa shape index (κ1) is 22.2. The van der Waals surface area contributed by atoms with Crippen molar-refractivity contribution in [3.05, 3.63) is 0 Å². The molecule has 0 spiro atoms. The summed E-state index contributed by atoms with van der Waals surface area (Å²) in [6, 6.07) is 0. The number of hydrogen-bond donors (Lipinski definition) is 1. The molecule has 0 aliphatic carbocycles. The van der Waals surface area contributed by atoms with Crippen LogP contribution in [0.25, 0.3) is 0 Å². The van der Waals surface area contributed by atoms with Crippen LogP contribution in [-0.4, -0.2) is 19.8 Å². The van der Waals surface area contributed by atoms with Crippen molar-refractivity contribution >= 4 is 7.75 Å². The summed E-state index contributed by atoms with van der Waals surface area (Å²) in [6.07, 6.45) is 19.7. The third-order valence-corrected chi connectivity index (χ3v) is 6.30. The molecule has 1 atom stereocenters. The van der Waals surface area contributed by atoms with E-state index in [-0.39, 0.29) is 0 Å². The van der Waals surface area contributed by atoms with Crippen LogP contribution in [0.15, 0.2) is 0 Å². The highest BCUT2D eigenvalue weighted by Crippen LogP contribution is 2.45. The smallest absolute Gasteiger partial charge is 0.297 e. The predicted molar refractivity (Wildman–Crippen MR) is 102 cm³/mol. The molecule has 1 N–H and O–H groups in total. The van der Waals surface area contributed by atoms with Crippen LogP contribution in [0.1, 0.15) is 103 Å². The molecule has 0 aromatic carbocycles. The van der Waals surface area contributed by atoms with Crippen molar-refractivity contribution in [3.63, 3.8) is 0 Å². The molecule has 1 saturated heterocycles. The van der Waals surface area contributed by atoms with Crippen molar-refractivity contribution in [2.24, 2.45) is 0 Å². The average molecular weight is 362 g/mol. The lowest BCUT2D eigenvalue weighted by Crippen LogP contribution is -2.23. The predicted octanol–water partition coefficient (Wildman–Crippen LogP) is 6.60. The summed E-state index contributed by atoms with van der Waals surface area (Å²) in [5.74, 6) is 0. The molecule has 0 aromatic rings. The van der Waals surface area contributed by atoms with Gasteiger partial charge in [0.1, 0.15) is 0 Å². The first-order chi connectivity index (χ1) is 11.8. The largest absolute Gasteiger partial charge is 0.405 e. The zero-order valence-corrected chi connectivity index (χ0v) is 16.8. The van der Waals surface area contributed by atoms with Gasteiger partial charge < -0.3 is 0 Å². The first-order valence-electron chi connectivity index (χ1n) is 10.4. The van der Waals surface area contributed by atoms with Crippen LogP contribution in [0.2, 0.25) is 0 Å². The standard InChI is InChI=1S/C19H40NO3P/c1-2-3-4-5-6-7-8-9-10-11-12-13-14-15-18-22-24(21)20-17-16-19-23-24/h2-19H2,1H3,(H,20,21). The Morgan fingerprint density at radius 3 is 1.79 bits per heavy atom. The molecule has 4 nitrogen and oxygen atoms in total. The highest BCUT2D eigenvalue weighted by atomic mass is 31.2. The summed E-state index contributed by atoms with van der Waals surface area (Å²) in [5, 5.41) is 2.86. The summed E-state index contributed by atoms with van der Waals surface area (Å²) in [5.41, 5.74) is 0. The lowest BCUT2D eigenvalue weighted by atomic mass is 10.0. The van der Waals surface area contributed by atoms with Crippen LogP contribution in [0, 0.1) is 0 Å². The summed E-state index contributed by atoms with van der Waals surface area (Å²) >= 11 is 0.